The van der Waals surface area contributed by atoms with Gasteiger partial charge in [0, 0.05) is 31.1 Å². The molecule has 0 saturated carbocycles. The molecule has 0 spiro atoms. The SMILES string of the molecule is COCCNc1nccn1C(C)c1ccc(Cl)cc1. The molecule has 1 heterocycles. The van der Waals surface area contributed by atoms with Crippen molar-refractivity contribution in [1.82, 2.24) is 9.55 Å². The molecule has 1 N–H and O–H groups in total. The first kappa shape index (κ1) is 13.9. The summed E-state index contributed by atoms with van der Waals surface area (Å²) >= 11 is 5.91. The van der Waals surface area contributed by atoms with Crippen LogP contribution >= 0.6 is 11.6 Å². The lowest BCUT2D eigenvalue weighted by molar-refractivity contribution is 0.210. The fourth-order valence-corrected chi connectivity index (χ4v) is 2.06. The second-order valence-corrected chi connectivity index (χ2v) is 4.74. The van der Waals surface area contributed by atoms with Crippen LogP contribution in [0.15, 0.2) is 36.7 Å². The summed E-state index contributed by atoms with van der Waals surface area (Å²) in [7, 11) is 1.69. The number of anilines is 1. The number of nitrogens with one attached hydrogen (secondary N) is 1. The fraction of sp³-hybridized carbons (Fsp3) is 0.357. The van der Waals surface area contributed by atoms with Gasteiger partial charge in [0.25, 0.3) is 0 Å². The van der Waals surface area contributed by atoms with E-state index >= 15 is 0 Å². The zero-order valence-corrected chi connectivity index (χ0v) is 11.9. The Bertz CT molecular complexity index is 510. The molecule has 0 fully saturated rings. The lowest BCUT2D eigenvalue weighted by atomic mass is 10.1. The fourth-order valence-electron chi connectivity index (χ4n) is 1.93. The molecule has 0 aliphatic carbocycles. The molecule has 4 nitrogen and oxygen atoms in total. The minimum atomic E-state index is 0.199. The minimum absolute atomic E-state index is 0.199. The summed E-state index contributed by atoms with van der Waals surface area (Å²) in [5, 5.41) is 4.01. The third kappa shape index (κ3) is 3.49. The van der Waals surface area contributed by atoms with E-state index in [0.29, 0.717) is 6.61 Å². The highest BCUT2D eigenvalue weighted by molar-refractivity contribution is 6.30. The number of imidazole rings is 1. The van der Waals surface area contributed by atoms with Gasteiger partial charge in [-0.05, 0) is 24.6 Å². The largest absolute Gasteiger partial charge is 0.383 e. The average molecular weight is 280 g/mol. The van der Waals surface area contributed by atoms with Gasteiger partial charge in [0.05, 0.1) is 12.6 Å². The Labute approximate surface area is 118 Å². The maximum atomic E-state index is 5.91. The van der Waals surface area contributed by atoms with Crippen molar-refractivity contribution in [3.8, 4) is 0 Å². The molecule has 2 aromatic rings. The van der Waals surface area contributed by atoms with Gasteiger partial charge >= 0.3 is 0 Å². The summed E-state index contributed by atoms with van der Waals surface area (Å²) in [6, 6.07) is 8.08. The number of nitrogens with zero attached hydrogens (tertiary/aromatic N) is 2. The van der Waals surface area contributed by atoms with Crippen LogP contribution in [0.3, 0.4) is 0 Å². The Morgan fingerprint density at radius 3 is 2.79 bits per heavy atom. The summed E-state index contributed by atoms with van der Waals surface area (Å²) in [4.78, 5) is 4.32. The zero-order chi connectivity index (χ0) is 13.7. The molecule has 1 aromatic heterocycles. The molecule has 0 bridgehead atoms. The smallest absolute Gasteiger partial charge is 0.203 e. The van der Waals surface area contributed by atoms with Crippen molar-refractivity contribution >= 4 is 17.5 Å². The van der Waals surface area contributed by atoms with Crippen LogP contribution < -0.4 is 5.32 Å². The van der Waals surface area contributed by atoms with Crippen LogP contribution in [0.1, 0.15) is 18.5 Å². The van der Waals surface area contributed by atoms with Crippen molar-refractivity contribution in [3.05, 3.63) is 47.2 Å². The number of hydrogen-bond donors (Lipinski definition) is 1. The van der Waals surface area contributed by atoms with E-state index in [1.165, 1.54) is 5.56 Å². The highest BCUT2D eigenvalue weighted by atomic mass is 35.5. The predicted octanol–water partition coefficient (Wildman–Crippen LogP) is 3.20. The molecule has 0 aliphatic rings. The Morgan fingerprint density at radius 1 is 1.37 bits per heavy atom. The van der Waals surface area contributed by atoms with E-state index in [1.807, 2.05) is 30.5 Å². The van der Waals surface area contributed by atoms with E-state index in [-0.39, 0.29) is 6.04 Å². The van der Waals surface area contributed by atoms with Crippen LogP contribution in [0.5, 0.6) is 0 Å². The second-order valence-electron chi connectivity index (χ2n) is 4.31. The summed E-state index contributed by atoms with van der Waals surface area (Å²) in [6.07, 6.45) is 3.76. The molecular weight excluding hydrogens is 262 g/mol. The number of halogens is 1. The van der Waals surface area contributed by atoms with Crippen molar-refractivity contribution < 1.29 is 4.74 Å². The molecule has 0 saturated heterocycles. The molecule has 2 rings (SSSR count). The third-order valence-corrected chi connectivity index (χ3v) is 3.28. The maximum absolute atomic E-state index is 5.91. The van der Waals surface area contributed by atoms with Crippen LogP contribution in [-0.2, 0) is 4.74 Å². The van der Waals surface area contributed by atoms with Gasteiger partial charge in [-0.1, -0.05) is 23.7 Å². The number of aromatic nitrogens is 2. The van der Waals surface area contributed by atoms with Crippen molar-refractivity contribution in [3.63, 3.8) is 0 Å². The number of hydrogen-bond acceptors (Lipinski definition) is 3. The molecule has 0 amide bonds. The number of ether oxygens (including phenoxy) is 1. The van der Waals surface area contributed by atoms with Crippen LogP contribution in [0.4, 0.5) is 5.95 Å². The van der Waals surface area contributed by atoms with E-state index in [0.717, 1.165) is 17.5 Å². The van der Waals surface area contributed by atoms with E-state index in [9.17, 15) is 0 Å². The molecule has 1 aromatic carbocycles. The standard InChI is InChI=1S/C14H18ClN3O/c1-11(12-3-5-13(15)6-4-12)18-9-7-16-14(18)17-8-10-19-2/h3-7,9,11H,8,10H2,1-2H3,(H,16,17). The molecule has 1 atom stereocenters. The highest BCUT2D eigenvalue weighted by Gasteiger charge is 2.11. The summed E-state index contributed by atoms with van der Waals surface area (Å²) < 4.78 is 7.12. The van der Waals surface area contributed by atoms with Gasteiger partial charge in [-0.15, -0.1) is 0 Å². The number of benzene rings is 1. The van der Waals surface area contributed by atoms with Crippen LogP contribution in [-0.4, -0.2) is 29.8 Å². The Hall–Kier alpha value is -1.52. The van der Waals surface area contributed by atoms with Crippen LogP contribution in [0.25, 0.3) is 0 Å². The second kappa shape index (κ2) is 6.59. The Morgan fingerprint density at radius 2 is 2.11 bits per heavy atom. The topological polar surface area (TPSA) is 39.1 Å². The predicted molar refractivity (Wildman–Crippen MR) is 77.9 cm³/mol. The van der Waals surface area contributed by atoms with Crippen molar-refractivity contribution in [2.45, 2.75) is 13.0 Å². The van der Waals surface area contributed by atoms with Gasteiger partial charge in [-0.25, -0.2) is 4.98 Å². The quantitative estimate of drug-likeness (QED) is 0.826. The Balaban J connectivity index is 2.12. The first-order valence-corrected chi connectivity index (χ1v) is 6.61. The molecule has 1 unspecified atom stereocenters. The van der Waals surface area contributed by atoms with Crippen LogP contribution in [0, 0.1) is 0 Å². The van der Waals surface area contributed by atoms with Crippen molar-refractivity contribution in [2.24, 2.45) is 0 Å². The van der Waals surface area contributed by atoms with Gasteiger partial charge in [0.15, 0.2) is 0 Å². The first-order valence-electron chi connectivity index (χ1n) is 6.23. The van der Waals surface area contributed by atoms with E-state index in [1.54, 1.807) is 13.3 Å². The van der Waals surface area contributed by atoms with Crippen molar-refractivity contribution in [1.29, 1.82) is 0 Å². The van der Waals surface area contributed by atoms with Gasteiger partial charge in [0.2, 0.25) is 5.95 Å². The van der Waals surface area contributed by atoms with E-state index in [4.69, 9.17) is 16.3 Å². The summed E-state index contributed by atoms with van der Waals surface area (Å²) in [5.41, 5.74) is 1.19. The maximum Gasteiger partial charge on any atom is 0.203 e. The van der Waals surface area contributed by atoms with E-state index in [2.05, 4.69) is 21.8 Å². The molecular formula is C14H18ClN3O. The number of methoxy groups -OCH3 is 1. The minimum Gasteiger partial charge on any atom is -0.383 e. The average Bonchev–Trinajstić information content (AvgIpc) is 2.87. The Kier molecular flexibility index (Phi) is 4.82. The van der Waals surface area contributed by atoms with Gasteiger partial charge < -0.3 is 14.6 Å². The monoisotopic (exact) mass is 279 g/mol. The van der Waals surface area contributed by atoms with Gasteiger partial charge in [-0.2, -0.15) is 0 Å². The zero-order valence-electron chi connectivity index (χ0n) is 11.1. The van der Waals surface area contributed by atoms with Crippen molar-refractivity contribution in [2.75, 3.05) is 25.6 Å². The van der Waals surface area contributed by atoms with Gasteiger partial charge in [0.1, 0.15) is 0 Å². The lowest BCUT2D eigenvalue weighted by Gasteiger charge is -2.17. The lowest BCUT2D eigenvalue weighted by Crippen LogP contribution is -2.15. The number of rotatable bonds is 6. The van der Waals surface area contributed by atoms with E-state index < -0.39 is 0 Å². The first-order chi connectivity index (χ1) is 9.22. The van der Waals surface area contributed by atoms with Gasteiger partial charge in [-0.3, -0.25) is 0 Å². The summed E-state index contributed by atoms with van der Waals surface area (Å²) in [5.74, 6) is 0.847. The highest BCUT2D eigenvalue weighted by Crippen LogP contribution is 2.22. The molecule has 102 valence electrons. The normalized spacial score (nSPS) is 12.4. The summed E-state index contributed by atoms with van der Waals surface area (Å²) in [6.45, 7) is 3.52. The van der Waals surface area contributed by atoms with Crippen LogP contribution in [0.2, 0.25) is 5.02 Å². The molecule has 5 heteroatoms. The third-order valence-electron chi connectivity index (χ3n) is 3.03. The molecule has 0 radical (unpaired) electrons. The molecule has 19 heavy (non-hydrogen) atoms. The molecule has 0 aliphatic heterocycles.